The quantitative estimate of drug-likeness (QED) is 0.458. The zero-order valence-corrected chi connectivity index (χ0v) is 12.9. The average Bonchev–Trinajstić information content (AvgIpc) is 2.51. The number of hydrogen-bond donors (Lipinski definition) is 1. The van der Waals surface area contributed by atoms with Gasteiger partial charge in [0, 0.05) is 0 Å². The molecule has 0 amide bonds. The Hall–Kier alpha value is -2.54. The molecule has 1 unspecified atom stereocenters. The molecule has 0 aliphatic carbocycles. The first-order valence-electron chi connectivity index (χ1n) is 6.70. The zero-order chi connectivity index (χ0) is 17.6. The third-order valence-corrected chi connectivity index (χ3v) is 3.27. The maximum Gasteiger partial charge on any atom is 0.331 e. The van der Waals surface area contributed by atoms with Gasteiger partial charge in [-0.3, -0.25) is 9.59 Å². The van der Waals surface area contributed by atoms with Crippen LogP contribution in [0.5, 0.6) is 0 Å². The summed E-state index contributed by atoms with van der Waals surface area (Å²) in [5, 5.41) is 0. The molecule has 0 aliphatic rings. The molecule has 1 rings (SSSR count). The second-order valence-electron chi connectivity index (χ2n) is 4.83. The number of esters is 2. The molecule has 6 nitrogen and oxygen atoms in total. The van der Waals surface area contributed by atoms with Gasteiger partial charge in [-0.25, -0.2) is 9.18 Å². The Bertz CT molecular complexity index is 631. The highest BCUT2D eigenvalue weighted by Gasteiger charge is 2.52. The number of Topliss-reactive ketones (excluding diaryl/α,β-unsaturated/α-hetero) is 1. The number of carbonyl (C=O) groups is 3. The summed E-state index contributed by atoms with van der Waals surface area (Å²) in [7, 11) is 1.05. The molecular formula is C16H18FNO5. The fourth-order valence-electron chi connectivity index (χ4n) is 2.21. The second kappa shape index (κ2) is 7.64. The smallest absolute Gasteiger partial charge is 0.331 e. The van der Waals surface area contributed by atoms with Crippen molar-refractivity contribution in [2.45, 2.75) is 12.5 Å². The van der Waals surface area contributed by atoms with Gasteiger partial charge in [-0.2, -0.15) is 0 Å². The lowest BCUT2D eigenvalue weighted by Crippen LogP contribution is -2.57. The number of nitrogens with two attached hydrogens (primary N) is 1. The Labute approximate surface area is 133 Å². The largest absolute Gasteiger partial charge is 0.467 e. The molecule has 124 valence electrons. The minimum Gasteiger partial charge on any atom is -0.467 e. The van der Waals surface area contributed by atoms with E-state index in [-0.39, 0.29) is 12.2 Å². The van der Waals surface area contributed by atoms with Crippen LogP contribution in [0.4, 0.5) is 4.39 Å². The summed E-state index contributed by atoms with van der Waals surface area (Å²) in [4.78, 5) is 36.4. The van der Waals surface area contributed by atoms with Gasteiger partial charge in [-0.15, -0.1) is 0 Å². The molecular weight excluding hydrogens is 305 g/mol. The molecule has 0 saturated heterocycles. The van der Waals surface area contributed by atoms with E-state index in [0.29, 0.717) is 0 Å². The Kier molecular flexibility index (Phi) is 6.15. The van der Waals surface area contributed by atoms with Crippen molar-refractivity contribution >= 4 is 17.7 Å². The van der Waals surface area contributed by atoms with Crippen molar-refractivity contribution in [2.75, 3.05) is 13.7 Å². The molecule has 0 aromatic heterocycles. The van der Waals surface area contributed by atoms with Crippen LogP contribution in [0.25, 0.3) is 0 Å². The van der Waals surface area contributed by atoms with Crippen molar-refractivity contribution in [2.24, 2.45) is 11.7 Å². The summed E-state index contributed by atoms with van der Waals surface area (Å²) < 4.78 is 23.0. The molecule has 0 heterocycles. The predicted molar refractivity (Wildman–Crippen MR) is 79.6 cm³/mol. The molecule has 0 saturated carbocycles. The van der Waals surface area contributed by atoms with E-state index in [1.807, 2.05) is 0 Å². The summed E-state index contributed by atoms with van der Waals surface area (Å²) in [5.74, 6) is -5.15. The number of ketones is 1. The van der Waals surface area contributed by atoms with Gasteiger partial charge in [-0.1, -0.05) is 24.8 Å². The summed E-state index contributed by atoms with van der Waals surface area (Å²) >= 11 is 0. The van der Waals surface area contributed by atoms with E-state index >= 15 is 0 Å². The number of hydrogen-bond acceptors (Lipinski definition) is 6. The summed E-state index contributed by atoms with van der Waals surface area (Å²) in [6, 6.07) is 4.74. The molecule has 2 N–H and O–H groups in total. The number of carbonyl (C=O) groups excluding carboxylic acids is 3. The lowest BCUT2D eigenvalue weighted by molar-refractivity contribution is -0.163. The molecule has 23 heavy (non-hydrogen) atoms. The SMILES string of the molecule is C=CCOC(=O)C(C(C)=O)[C@](N)(C(=O)OC)c1cccc(F)c1. The van der Waals surface area contributed by atoms with Crippen LogP contribution in [0.1, 0.15) is 12.5 Å². The number of ether oxygens (including phenoxy) is 2. The van der Waals surface area contributed by atoms with Crippen LogP contribution < -0.4 is 5.73 Å². The van der Waals surface area contributed by atoms with Crippen LogP contribution in [0.3, 0.4) is 0 Å². The third-order valence-electron chi connectivity index (χ3n) is 3.27. The van der Waals surface area contributed by atoms with Crippen LogP contribution in [-0.2, 0) is 29.4 Å². The Morgan fingerprint density at radius 2 is 2.09 bits per heavy atom. The maximum absolute atomic E-state index is 13.5. The van der Waals surface area contributed by atoms with E-state index in [1.165, 1.54) is 18.2 Å². The van der Waals surface area contributed by atoms with Crippen molar-refractivity contribution in [1.29, 1.82) is 0 Å². The Balaban J connectivity index is 3.47. The van der Waals surface area contributed by atoms with Crippen molar-refractivity contribution in [1.82, 2.24) is 0 Å². The Morgan fingerprint density at radius 1 is 1.43 bits per heavy atom. The lowest BCUT2D eigenvalue weighted by atomic mass is 9.76. The van der Waals surface area contributed by atoms with Gasteiger partial charge in [0.05, 0.1) is 7.11 Å². The fourth-order valence-corrected chi connectivity index (χ4v) is 2.21. The zero-order valence-electron chi connectivity index (χ0n) is 12.9. The van der Waals surface area contributed by atoms with Gasteiger partial charge in [0.25, 0.3) is 0 Å². The minimum atomic E-state index is -2.21. The predicted octanol–water partition coefficient (Wildman–Crippen LogP) is 1.09. The van der Waals surface area contributed by atoms with Gasteiger partial charge in [0.15, 0.2) is 5.54 Å². The highest BCUT2D eigenvalue weighted by molar-refractivity contribution is 6.05. The van der Waals surface area contributed by atoms with Crippen LogP contribution in [0, 0.1) is 11.7 Å². The van der Waals surface area contributed by atoms with Gasteiger partial charge in [0.1, 0.15) is 24.1 Å². The highest BCUT2D eigenvalue weighted by atomic mass is 19.1. The highest BCUT2D eigenvalue weighted by Crippen LogP contribution is 2.31. The van der Waals surface area contributed by atoms with E-state index in [4.69, 9.17) is 10.5 Å². The van der Waals surface area contributed by atoms with Crippen LogP contribution in [0.15, 0.2) is 36.9 Å². The van der Waals surface area contributed by atoms with Gasteiger partial charge in [0.2, 0.25) is 0 Å². The summed E-state index contributed by atoms with van der Waals surface area (Å²) in [6.45, 7) is 4.31. The molecule has 0 fully saturated rings. The van der Waals surface area contributed by atoms with E-state index in [9.17, 15) is 18.8 Å². The van der Waals surface area contributed by atoms with E-state index in [0.717, 1.165) is 26.2 Å². The summed E-state index contributed by atoms with van der Waals surface area (Å²) in [5.41, 5.74) is 3.79. The lowest BCUT2D eigenvalue weighted by Gasteiger charge is -2.32. The third kappa shape index (κ3) is 3.81. The van der Waals surface area contributed by atoms with Crippen LogP contribution in [-0.4, -0.2) is 31.4 Å². The van der Waals surface area contributed by atoms with Crippen molar-refractivity contribution in [3.05, 3.63) is 48.3 Å². The van der Waals surface area contributed by atoms with Crippen LogP contribution in [0.2, 0.25) is 0 Å². The van der Waals surface area contributed by atoms with E-state index in [2.05, 4.69) is 11.3 Å². The molecule has 0 spiro atoms. The second-order valence-corrected chi connectivity index (χ2v) is 4.83. The minimum absolute atomic E-state index is 0.0693. The van der Waals surface area contributed by atoms with Crippen LogP contribution >= 0.6 is 0 Å². The standard InChI is InChI=1S/C16H18FNO5/c1-4-8-23-14(20)13(10(2)19)16(18,15(21)22-3)11-6-5-7-12(17)9-11/h4-7,9,13H,1,8,18H2,2-3H3/t13?,16-/m0/s1. The van der Waals surface area contributed by atoms with E-state index in [1.54, 1.807) is 0 Å². The number of rotatable bonds is 7. The molecule has 1 aromatic carbocycles. The average molecular weight is 323 g/mol. The van der Waals surface area contributed by atoms with Crippen molar-refractivity contribution in [3.8, 4) is 0 Å². The topological polar surface area (TPSA) is 95.7 Å². The maximum atomic E-state index is 13.5. The monoisotopic (exact) mass is 323 g/mol. The summed E-state index contributed by atoms with van der Waals surface area (Å²) in [6.07, 6.45) is 1.30. The molecule has 0 aliphatic heterocycles. The molecule has 0 radical (unpaired) electrons. The number of methoxy groups -OCH3 is 1. The first-order chi connectivity index (χ1) is 10.8. The molecule has 0 bridgehead atoms. The van der Waals surface area contributed by atoms with Crippen molar-refractivity contribution in [3.63, 3.8) is 0 Å². The normalized spacial score (nSPS) is 14.3. The molecule has 2 atom stereocenters. The first-order valence-corrected chi connectivity index (χ1v) is 6.70. The van der Waals surface area contributed by atoms with Gasteiger partial charge >= 0.3 is 11.9 Å². The van der Waals surface area contributed by atoms with Gasteiger partial charge in [-0.05, 0) is 24.6 Å². The van der Waals surface area contributed by atoms with E-state index < -0.39 is 35.0 Å². The number of benzene rings is 1. The Morgan fingerprint density at radius 3 is 2.57 bits per heavy atom. The van der Waals surface area contributed by atoms with Crippen molar-refractivity contribution < 1.29 is 28.2 Å². The van der Waals surface area contributed by atoms with Gasteiger partial charge < -0.3 is 15.2 Å². The number of halogens is 1. The fraction of sp³-hybridized carbons (Fsp3) is 0.312. The molecule has 7 heteroatoms. The first kappa shape index (κ1) is 18.5. The molecule has 1 aromatic rings.